The first-order valence-corrected chi connectivity index (χ1v) is 10.6. The Hall–Kier alpha value is -2.70. The lowest BCUT2D eigenvalue weighted by molar-refractivity contribution is -0.0764. The molecule has 1 N–H and O–H groups in total. The maximum absolute atomic E-state index is 14.5. The fraction of sp³-hybridized carbons (Fsp3) is 0.400. The zero-order valence-corrected chi connectivity index (χ0v) is 18.1. The van der Waals surface area contributed by atoms with Crippen LogP contribution in [0.5, 0.6) is 5.75 Å². The van der Waals surface area contributed by atoms with Gasteiger partial charge >= 0.3 is 0 Å². The normalized spacial score (nSPS) is 22.4. The van der Waals surface area contributed by atoms with E-state index in [1.807, 2.05) is 31.2 Å². The zero-order valence-electron chi connectivity index (χ0n) is 18.1. The maximum atomic E-state index is 14.5. The highest BCUT2D eigenvalue weighted by Gasteiger charge is 2.37. The van der Waals surface area contributed by atoms with Gasteiger partial charge in [0.25, 0.3) is 0 Å². The van der Waals surface area contributed by atoms with Crippen LogP contribution in [0.4, 0.5) is 4.39 Å². The van der Waals surface area contributed by atoms with Gasteiger partial charge < -0.3 is 19.2 Å². The third-order valence-electron chi connectivity index (χ3n) is 6.39. The number of aromatic amines is 1. The molecule has 1 aliphatic carbocycles. The van der Waals surface area contributed by atoms with Gasteiger partial charge in [-0.1, -0.05) is 6.07 Å². The van der Waals surface area contributed by atoms with Crippen LogP contribution in [0.25, 0.3) is 10.9 Å². The minimum absolute atomic E-state index is 0.136. The lowest BCUT2D eigenvalue weighted by Gasteiger charge is -2.39. The highest BCUT2D eigenvalue weighted by Crippen LogP contribution is 2.42. The molecule has 1 saturated carbocycles. The van der Waals surface area contributed by atoms with Gasteiger partial charge in [0.15, 0.2) is 0 Å². The average molecular weight is 426 g/mol. The first-order chi connectivity index (χ1) is 14.9. The first-order valence-electron chi connectivity index (χ1n) is 10.6. The van der Waals surface area contributed by atoms with Crippen LogP contribution in [0.3, 0.4) is 0 Å². The van der Waals surface area contributed by atoms with Crippen LogP contribution in [0, 0.1) is 5.82 Å². The summed E-state index contributed by atoms with van der Waals surface area (Å²) in [6, 6.07) is 13.8. The summed E-state index contributed by atoms with van der Waals surface area (Å²) in [4.78, 5) is 14.3. The van der Waals surface area contributed by atoms with Gasteiger partial charge in [-0.05, 0) is 79.5 Å². The predicted molar refractivity (Wildman–Crippen MR) is 118 cm³/mol. The third kappa shape index (κ3) is 4.50. The zero-order chi connectivity index (χ0) is 22.0. The van der Waals surface area contributed by atoms with E-state index in [0.717, 1.165) is 47.7 Å². The molecule has 0 aliphatic heterocycles. The molecule has 0 saturated heterocycles. The number of halogens is 1. The van der Waals surface area contributed by atoms with Gasteiger partial charge in [0, 0.05) is 31.9 Å². The number of aromatic nitrogens is 1. The summed E-state index contributed by atoms with van der Waals surface area (Å²) < 4.78 is 32.0. The van der Waals surface area contributed by atoms with Crippen LogP contribution in [0.1, 0.15) is 49.8 Å². The molecule has 2 aromatic carbocycles. The molecule has 5 nitrogen and oxygen atoms in total. The molecule has 3 aromatic rings. The number of pyridine rings is 1. The fourth-order valence-electron chi connectivity index (χ4n) is 4.50. The van der Waals surface area contributed by atoms with Crippen LogP contribution in [-0.2, 0) is 15.1 Å². The molecule has 1 fully saturated rings. The summed E-state index contributed by atoms with van der Waals surface area (Å²) >= 11 is 0. The second-order valence-corrected chi connectivity index (χ2v) is 8.24. The number of nitrogens with one attached hydrogen (secondary N) is 1. The van der Waals surface area contributed by atoms with Crippen molar-refractivity contribution in [1.29, 1.82) is 0 Å². The van der Waals surface area contributed by atoms with E-state index in [0.29, 0.717) is 5.75 Å². The van der Waals surface area contributed by atoms with Gasteiger partial charge in [-0.3, -0.25) is 4.79 Å². The molecule has 1 atom stereocenters. The summed E-state index contributed by atoms with van der Waals surface area (Å²) in [5.74, 6) is 0.121. The van der Waals surface area contributed by atoms with Crippen molar-refractivity contribution in [3.63, 3.8) is 0 Å². The Morgan fingerprint density at radius 3 is 2.55 bits per heavy atom. The van der Waals surface area contributed by atoms with E-state index in [1.165, 1.54) is 12.1 Å². The minimum Gasteiger partial charge on any atom is -0.486 e. The topological polar surface area (TPSA) is 60.6 Å². The van der Waals surface area contributed by atoms with Gasteiger partial charge in [0.05, 0.1) is 11.7 Å². The predicted octanol–water partition coefficient (Wildman–Crippen LogP) is 5.24. The molecule has 0 spiro atoms. The summed E-state index contributed by atoms with van der Waals surface area (Å²) in [6.07, 6.45) is 3.19. The van der Waals surface area contributed by atoms with Crippen LogP contribution >= 0.6 is 0 Å². The van der Waals surface area contributed by atoms with Crippen molar-refractivity contribution in [2.45, 2.75) is 50.4 Å². The molecule has 31 heavy (non-hydrogen) atoms. The van der Waals surface area contributed by atoms with Crippen LogP contribution < -0.4 is 10.3 Å². The highest BCUT2D eigenvalue weighted by molar-refractivity contribution is 5.79. The van der Waals surface area contributed by atoms with E-state index in [-0.39, 0.29) is 23.6 Å². The SMILES string of the molecule is COC1CCC(OC)(c2cc(F)cc(OC(C)c3ccc4[nH]c(=O)ccc4c3)c2)CC1. The lowest BCUT2D eigenvalue weighted by Crippen LogP contribution is -2.36. The number of hydrogen-bond donors (Lipinski definition) is 1. The van der Waals surface area contributed by atoms with Crippen molar-refractivity contribution in [1.82, 2.24) is 4.98 Å². The Kier molecular flexibility index (Phi) is 6.12. The summed E-state index contributed by atoms with van der Waals surface area (Å²) in [5, 5.41) is 0.917. The second kappa shape index (κ2) is 8.81. The Bertz CT molecular complexity index is 1120. The van der Waals surface area contributed by atoms with E-state index in [1.54, 1.807) is 26.4 Å². The molecule has 1 aromatic heterocycles. The lowest BCUT2D eigenvalue weighted by atomic mass is 9.78. The van der Waals surface area contributed by atoms with Crippen LogP contribution in [0.15, 0.2) is 53.3 Å². The quantitative estimate of drug-likeness (QED) is 0.587. The Labute approximate surface area is 181 Å². The molecule has 0 bridgehead atoms. The highest BCUT2D eigenvalue weighted by atomic mass is 19.1. The number of fused-ring (bicyclic) bond motifs is 1. The van der Waals surface area contributed by atoms with E-state index >= 15 is 0 Å². The molecular formula is C25H28FNO4. The molecule has 0 amide bonds. The largest absolute Gasteiger partial charge is 0.486 e. The fourth-order valence-corrected chi connectivity index (χ4v) is 4.50. The Balaban J connectivity index is 1.58. The van der Waals surface area contributed by atoms with Crippen LogP contribution in [-0.4, -0.2) is 25.3 Å². The number of ether oxygens (including phenoxy) is 3. The average Bonchev–Trinajstić information content (AvgIpc) is 2.78. The summed E-state index contributed by atoms with van der Waals surface area (Å²) in [5.41, 5.74) is 1.83. The molecule has 1 unspecified atom stereocenters. The molecule has 1 aliphatic rings. The monoisotopic (exact) mass is 425 g/mol. The second-order valence-electron chi connectivity index (χ2n) is 8.24. The standard InChI is InChI=1S/C25H28FNO4/c1-16(17-4-6-23-18(12-17)5-7-24(28)27-23)31-22-14-19(13-20(26)15-22)25(30-3)10-8-21(29-2)9-11-25/h4-7,12-16,21H,8-11H2,1-3H3,(H,27,28). The Morgan fingerprint density at radius 1 is 1.06 bits per heavy atom. The summed E-state index contributed by atoms with van der Waals surface area (Å²) in [6.45, 7) is 1.92. The molecule has 6 heteroatoms. The first kappa shape index (κ1) is 21.5. The van der Waals surface area contributed by atoms with E-state index in [9.17, 15) is 9.18 Å². The van der Waals surface area contributed by atoms with E-state index in [4.69, 9.17) is 14.2 Å². The number of methoxy groups -OCH3 is 2. The van der Waals surface area contributed by atoms with Gasteiger partial charge in [-0.2, -0.15) is 0 Å². The Morgan fingerprint density at radius 2 is 1.84 bits per heavy atom. The number of H-pyrrole nitrogens is 1. The van der Waals surface area contributed by atoms with Crippen molar-refractivity contribution in [2.75, 3.05) is 14.2 Å². The van der Waals surface area contributed by atoms with Gasteiger partial charge in [-0.15, -0.1) is 0 Å². The van der Waals surface area contributed by atoms with Crippen LogP contribution in [0.2, 0.25) is 0 Å². The van der Waals surface area contributed by atoms with Crippen molar-refractivity contribution < 1.29 is 18.6 Å². The van der Waals surface area contributed by atoms with Crippen molar-refractivity contribution in [3.05, 3.63) is 75.8 Å². The molecular weight excluding hydrogens is 397 g/mol. The van der Waals surface area contributed by atoms with Gasteiger partial charge in [0.2, 0.25) is 5.56 Å². The molecule has 1 heterocycles. The van der Waals surface area contributed by atoms with E-state index in [2.05, 4.69) is 4.98 Å². The molecule has 0 radical (unpaired) electrons. The van der Waals surface area contributed by atoms with Crippen molar-refractivity contribution >= 4 is 10.9 Å². The molecule has 164 valence electrons. The number of rotatable bonds is 6. The van der Waals surface area contributed by atoms with Gasteiger partial charge in [0.1, 0.15) is 17.7 Å². The summed E-state index contributed by atoms with van der Waals surface area (Å²) in [7, 11) is 3.41. The number of hydrogen-bond acceptors (Lipinski definition) is 4. The third-order valence-corrected chi connectivity index (χ3v) is 6.39. The van der Waals surface area contributed by atoms with Gasteiger partial charge in [-0.25, -0.2) is 4.39 Å². The molecule has 4 rings (SSSR count). The van der Waals surface area contributed by atoms with Crippen molar-refractivity contribution in [2.24, 2.45) is 0 Å². The smallest absolute Gasteiger partial charge is 0.248 e. The maximum Gasteiger partial charge on any atom is 0.248 e. The number of benzene rings is 2. The minimum atomic E-state index is -0.534. The van der Waals surface area contributed by atoms with Crippen molar-refractivity contribution in [3.8, 4) is 5.75 Å². The van der Waals surface area contributed by atoms with E-state index < -0.39 is 5.60 Å².